The van der Waals surface area contributed by atoms with Gasteiger partial charge in [0, 0.05) is 16.3 Å². The fourth-order valence-corrected chi connectivity index (χ4v) is 5.35. The van der Waals surface area contributed by atoms with Crippen LogP contribution >= 0.6 is 7.29 Å². The normalized spacial score (nSPS) is 10.9. The van der Waals surface area contributed by atoms with Crippen molar-refractivity contribution < 1.29 is 14.1 Å². The molecule has 0 spiro atoms. The minimum absolute atomic E-state index is 0.372. The van der Waals surface area contributed by atoms with Gasteiger partial charge in [0.2, 0.25) is 7.29 Å². The van der Waals surface area contributed by atoms with Crippen LogP contribution in [0.25, 0.3) is 0 Å². The fraction of sp³-hybridized carbons (Fsp3) is 0. The second-order valence-electron chi connectivity index (χ2n) is 6.68. The zero-order valence-corrected chi connectivity index (χ0v) is 17.0. The van der Waals surface area contributed by atoms with Crippen LogP contribution in [0.4, 0.5) is 5.69 Å². The van der Waals surface area contributed by atoms with Gasteiger partial charge in [-0.15, -0.1) is 0 Å². The molecule has 4 nitrogen and oxygen atoms in total. The van der Waals surface area contributed by atoms with Gasteiger partial charge in [0.1, 0.15) is 5.75 Å². The fourth-order valence-electron chi connectivity index (χ4n) is 3.11. The Hall–Kier alpha value is -3.62. The number of para-hydroxylation sites is 1. The van der Waals surface area contributed by atoms with Crippen molar-refractivity contribution in [2.24, 2.45) is 0 Å². The van der Waals surface area contributed by atoms with Crippen LogP contribution in [0.15, 0.2) is 115 Å². The summed E-state index contributed by atoms with van der Waals surface area (Å²) in [6.45, 7) is 0. The number of anilines is 1. The first-order valence-electron chi connectivity index (χ1n) is 9.52. The van der Waals surface area contributed by atoms with Crippen molar-refractivity contribution in [1.82, 2.24) is 0 Å². The van der Waals surface area contributed by atoms with E-state index < -0.39 is 13.3 Å². The van der Waals surface area contributed by atoms with Crippen LogP contribution in [0.5, 0.6) is 5.75 Å². The van der Waals surface area contributed by atoms with Crippen LogP contribution in [0, 0.1) is 0 Å². The number of carbonyl (C=O) groups excluding carboxylic acids is 1. The van der Waals surface area contributed by atoms with Gasteiger partial charge in [-0.05, 0) is 54.6 Å². The van der Waals surface area contributed by atoms with Crippen LogP contribution in [0.1, 0.15) is 10.4 Å². The molecule has 30 heavy (non-hydrogen) atoms. The summed E-state index contributed by atoms with van der Waals surface area (Å²) in [5.74, 6) is -0.000732. The highest BCUT2D eigenvalue weighted by molar-refractivity contribution is 7.80. The topological polar surface area (TPSA) is 55.4 Å². The third kappa shape index (κ3) is 4.35. The molecule has 0 aromatic heterocycles. The Morgan fingerprint density at radius 3 is 1.77 bits per heavy atom. The second kappa shape index (κ2) is 8.81. The summed E-state index contributed by atoms with van der Waals surface area (Å²) in [5.41, 5.74) is 0.949. The van der Waals surface area contributed by atoms with E-state index in [1.54, 1.807) is 48.5 Å². The van der Waals surface area contributed by atoms with Crippen molar-refractivity contribution in [2.75, 3.05) is 5.09 Å². The van der Waals surface area contributed by atoms with E-state index in [4.69, 9.17) is 4.74 Å². The Balaban J connectivity index is 1.65. The standard InChI is InChI=1S/C25H20NO3P/c27-25(29-22-13-4-1-5-14-22)20-11-10-12-21(19-20)26-30(28,23-15-6-2-7-16-23)24-17-8-3-9-18-24/h1-19H,(H,26,28). The average Bonchev–Trinajstić information content (AvgIpc) is 2.81. The molecule has 0 unspecified atom stereocenters. The van der Waals surface area contributed by atoms with Crippen molar-refractivity contribution in [3.05, 3.63) is 121 Å². The molecule has 0 bridgehead atoms. The maximum Gasteiger partial charge on any atom is 0.343 e. The maximum absolute atomic E-state index is 14.1. The van der Waals surface area contributed by atoms with E-state index in [0.717, 1.165) is 0 Å². The van der Waals surface area contributed by atoms with E-state index in [2.05, 4.69) is 5.09 Å². The lowest BCUT2D eigenvalue weighted by Gasteiger charge is -2.22. The first-order valence-corrected chi connectivity index (χ1v) is 11.2. The lowest BCUT2D eigenvalue weighted by Crippen LogP contribution is -2.21. The second-order valence-corrected chi connectivity index (χ2v) is 9.15. The molecular formula is C25H20NO3P. The lowest BCUT2D eigenvalue weighted by atomic mass is 10.2. The summed E-state index contributed by atoms with van der Waals surface area (Å²) in [4.78, 5) is 12.6. The van der Waals surface area contributed by atoms with Crippen LogP contribution < -0.4 is 20.4 Å². The van der Waals surface area contributed by atoms with Crippen molar-refractivity contribution in [3.63, 3.8) is 0 Å². The Morgan fingerprint density at radius 2 is 1.20 bits per heavy atom. The summed E-state index contributed by atoms with van der Waals surface area (Å²) in [7, 11) is -3.16. The molecule has 0 heterocycles. The molecule has 0 amide bonds. The molecule has 0 fully saturated rings. The summed E-state index contributed by atoms with van der Waals surface area (Å²) >= 11 is 0. The quantitative estimate of drug-likeness (QED) is 0.267. The average molecular weight is 413 g/mol. The zero-order valence-electron chi connectivity index (χ0n) is 16.1. The first kappa shape index (κ1) is 19.7. The molecule has 0 radical (unpaired) electrons. The Bertz CT molecular complexity index is 1140. The van der Waals surface area contributed by atoms with Gasteiger partial charge in [-0.1, -0.05) is 60.7 Å². The van der Waals surface area contributed by atoms with Crippen LogP contribution in [0.2, 0.25) is 0 Å². The molecule has 1 N–H and O–H groups in total. The predicted octanol–water partition coefficient (Wildman–Crippen LogP) is 5.25. The molecule has 4 aromatic rings. The number of hydrogen-bond donors (Lipinski definition) is 1. The van der Waals surface area contributed by atoms with Crippen molar-refractivity contribution >= 4 is 29.6 Å². The molecule has 0 saturated heterocycles. The minimum atomic E-state index is -3.16. The van der Waals surface area contributed by atoms with Crippen LogP contribution in [-0.2, 0) is 4.57 Å². The van der Waals surface area contributed by atoms with E-state index in [1.807, 2.05) is 66.7 Å². The number of rotatable bonds is 6. The molecule has 5 heteroatoms. The molecule has 0 aliphatic rings. The summed E-state index contributed by atoms with van der Waals surface area (Å²) in [6, 6.07) is 34.3. The van der Waals surface area contributed by atoms with E-state index in [0.29, 0.717) is 27.6 Å². The first-order chi connectivity index (χ1) is 14.6. The molecular weight excluding hydrogens is 393 g/mol. The van der Waals surface area contributed by atoms with Gasteiger partial charge < -0.3 is 9.82 Å². The molecule has 4 rings (SSSR count). The molecule has 0 aliphatic carbocycles. The van der Waals surface area contributed by atoms with Gasteiger partial charge >= 0.3 is 5.97 Å². The third-order valence-corrected chi connectivity index (χ3v) is 7.20. The van der Waals surface area contributed by atoms with Crippen molar-refractivity contribution in [1.29, 1.82) is 0 Å². The molecule has 0 aliphatic heterocycles. The minimum Gasteiger partial charge on any atom is -0.423 e. The number of carbonyl (C=O) groups is 1. The summed E-state index contributed by atoms with van der Waals surface area (Å²) in [5, 5.41) is 4.57. The highest BCUT2D eigenvalue weighted by Crippen LogP contribution is 2.43. The Kier molecular flexibility index (Phi) is 5.78. The maximum atomic E-state index is 14.1. The van der Waals surface area contributed by atoms with Crippen molar-refractivity contribution in [3.8, 4) is 5.75 Å². The number of benzene rings is 4. The lowest BCUT2D eigenvalue weighted by molar-refractivity contribution is 0.0735. The third-order valence-electron chi connectivity index (χ3n) is 4.58. The van der Waals surface area contributed by atoms with Gasteiger partial charge in [0.25, 0.3) is 0 Å². The van der Waals surface area contributed by atoms with Crippen molar-refractivity contribution in [2.45, 2.75) is 0 Å². The Labute approximate surface area is 175 Å². The van der Waals surface area contributed by atoms with E-state index in [-0.39, 0.29) is 0 Å². The van der Waals surface area contributed by atoms with Gasteiger partial charge in [-0.2, -0.15) is 0 Å². The molecule has 0 atom stereocenters. The smallest absolute Gasteiger partial charge is 0.343 e. The number of hydrogen-bond acceptors (Lipinski definition) is 3. The number of ether oxygens (including phenoxy) is 1. The predicted molar refractivity (Wildman–Crippen MR) is 121 cm³/mol. The summed E-state index contributed by atoms with van der Waals surface area (Å²) in [6.07, 6.45) is 0. The molecule has 4 aromatic carbocycles. The number of nitrogens with one attached hydrogen (secondary N) is 1. The molecule has 0 saturated carbocycles. The van der Waals surface area contributed by atoms with Gasteiger partial charge in [0.05, 0.1) is 5.56 Å². The van der Waals surface area contributed by atoms with E-state index in [9.17, 15) is 9.36 Å². The highest BCUT2D eigenvalue weighted by Gasteiger charge is 2.27. The number of esters is 1. The molecule has 148 valence electrons. The van der Waals surface area contributed by atoms with E-state index in [1.165, 1.54) is 0 Å². The largest absolute Gasteiger partial charge is 0.423 e. The van der Waals surface area contributed by atoms with Crippen LogP contribution in [-0.4, -0.2) is 5.97 Å². The monoisotopic (exact) mass is 413 g/mol. The van der Waals surface area contributed by atoms with Gasteiger partial charge in [0.15, 0.2) is 0 Å². The van der Waals surface area contributed by atoms with E-state index >= 15 is 0 Å². The SMILES string of the molecule is O=C(Oc1ccccc1)c1cccc(NP(=O)(c2ccccc2)c2ccccc2)c1. The van der Waals surface area contributed by atoms with Crippen LogP contribution in [0.3, 0.4) is 0 Å². The van der Waals surface area contributed by atoms with Gasteiger partial charge in [-0.25, -0.2) is 4.79 Å². The zero-order chi connectivity index (χ0) is 20.8. The Morgan fingerprint density at radius 1 is 0.667 bits per heavy atom. The summed E-state index contributed by atoms with van der Waals surface area (Å²) < 4.78 is 19.5. The highest BCUT2D eigenvalue weighted by atomic mass is 31.2. The van der Waals surface area contributed by atoms with Gasteiger partial charge in [-0.3, -0.25) is 4.57 Å².